The lowest BCUT2D eigenvalue weighted by Crippen LogP contribution is -2.38. The van der Waals surface area contributed by atoms with Crippen LogP contribution < -0.4 is 4.90 Å². The molecule has 0 unspecified atom stereocenters. The number of fused-ring (bicyclic) bond motifs is 1. The molecule has 1 aromatic carbocycles. The highest BCUT2D eigenvalue weighted by molar-refractivity contribution is 6.01. The quantitative estimate of drug-likeness (QED) is 0.637. The van der Waals surface area contributed by atoms with Crippen LogP contribution in [0.2, 0.25) is 0 Å². The van der Waals surface area contributed by atoms with E-state index in [-0.39, 0.29) is 23.9 Å². The molecule has 0 saturated carbocycles. The molecule has 0 atom stereocenters. The number of benzene rings is 1. The predicted molar refractivity (Wildman–Crippen MR) is 112 cm³/mol. The molecule has 1 fully saturated rings. The van der Waals surface area contributed by atoms with Crippen LogP contribution in [0.15, 0.2) is 24.7 Å². The van der Waals surface area contributed by atoms with E-state index in [1.807, 2.05) is 24.8 Å². The molecular weight excluding hydrogens is 366 g/mol. The van der Waals surface area contributed by atoms with Crippen LogP contribution in [0.3, 0.4) is 0 Å². The molecule has 1 aromatic heterocycles. The number of ketones is 2. The zero-order chi connectivity index (χ0) is 20.8. The number of Topliss-reactive ketones (excluding diaryl/α,β-unsaturated/α-hetero) is 2. The van der Waals surface area contributed by atoms with E-state index < -0.39 is 0 Å². The fourth-order valence-electron chi connectivity index (χ4n) is 3.96. The molecule has 0 spiro atoms. The monoisotopic (exact) mass is 393 g/mol. The number of likely N-dealkylation sites (N-methyl/N-ethyl adjacent to an activating group) is 1. The normalized spacial score (nSPS) is 14.9. The average molecular weight is 393 g/mol. The zero-order valence-corrected chi connectivity index (χ0v) is 17.1. The number of aromatic nitrogens is 2. The maximum absolute atomic E-state index is 12.6. The second-order valence-electron chi connectivity index (χ2n) is 7.43. The van der Waals surface area contributed by atoms with Gasteiger partial charge in [-0.1, -0.05) is 13.8 Å². The fourth-order valence-corrected chi connectivity index (χ4v) is 3.96. The summed E-state index contributed by atoms with van der Waals surface area (Å²) in [6, 6.07) is 5.89. The molecule has 0 amide bonds. The smallest absolute Gasteiger partial charge is 0.154 e. The summed E-state index contributed by atoms with van der Waals surface area (Å²) in [7, 11) is 0. The van der Waals surface area contributed by atoms with Gasteiger partial charge in [-0.3, -0.25) is 14.5 Å². The topological polar surface area (TPSA) is 90.2 Å². The summed E-state index contributed by atoms with van der Waals surface area (Å²) in [6.07, 6.45) is 4.68. The Kier molecular flexibility index (Phi) is 6.89. The van der Waals surface area contributed by atoms with E-state index in [9.17, 15) is 14.9 Å². The molecule has 1 aliphatic rings. The van der Waals surface area contributed by atoms with Crippen molar-refractivity contribution >= 4 is 28.2 Å². The van der Waals surface area contributed by atoms with Gasteiger partial charge in [0.2, 0.25) is 0 Å². The van der Waals surface area contributed by atoms with Gasteiger partial charge in [-0.25, -0.2) is 9.97 Å². The van der Waals surface area contributed by atoms with Gasteiger partial charge < -0.3 is 4.90 Å². The third-order valence-electron chi connectivity index (χ3n) is 5.73. The standard InChI is InChI=1S/C22H27N5O2/c1-3-26(4-2)14-18(28)11-21(29)16-7-9-27(10-8-16)20-6-5-17(12-23)22-19(20)13-24-15-25-22/h5-6,13,15-16H,3-4,7-11,14H2,1-2H3. The van der Waals surface area contributed by atoms with Gasteiger partial charge in [0.25, 0.3) is 0 Å². The lowest BCUT2D eigenvalue weighted by atomic mass is 9.89. The first-order valence-corrected chi connectivity index (χ1v) is 10.2. The van der Waals surface area contributed by atoms with E-state index in [2.05, 4.69) is 20.9 Å². The van der Waals surface area contributed by atoms with Crippen molar-refractivity contribution in [2.75, 3.05) is 37.6 Å². The Hall–Kier alpha value is -2.85. The molecule has 29 heavy (non-hydrogen) atoms. The molecule has 1 saturated heterocycles. The molecule has 2 heterocycles. The molecule has 0 bridgehead atoms. The van der Waals surface area contributed by atoms with Crippen LogP contribution in [0.5, 0.6) is 0 Å². The summed E-state index contributed by atoms with van der Waals surface area (Å²) in [5.74, 6) is 0.0130. The van der Waals surface area contributed by atoms with Gasteiger partial charge in [0.1, 0.15) is 18.2 Å². The van der Waals surface area contributed by atoms with Crippen LogP contribution in [-0.4, -0.2) is 59.2 Å². The Labute approximate surface area is 171 Å². The van der Waals surface area contributed by atoms with Crippen LogP contribution in [0, 0.1) is 17.2 Å². The van der Waals surface area contributed by atoms with E-state index in [1.165, 1.54) is 6.33 Å². The lowest BCUT2D eigenvalue weighted by molar-refractivity contribution is -0.130. The van der Waals surface area contributed by atoms with Crippen molar-refractivity contribution in [3.8, 4) is 6.07 Å². The van der Waals surface area contributed by atoms with Crippen LogP contribution >= 0.6 is 0 Å². The molecule has 0 N–H and O–H groups in total. The molecule has 3 rings (SSSR count). The van der Waals surface area contributed by atoms with Crippen molar-refractivity contribution < 1.29 is 9.59 Å². The minimum Gasteiger partial charge on any atom is -0.371 e. The minimum atomic E-state index is -0.0622. The van der Waals surface area contributed by atoms with Crippen LogP contribution in [0.1, 0.15) is 38.7 Å². The van der Waals surface area contributed by atoms with Crippen molar-refractivity contribution in [3.63, 3.8) is 0 Å². The molecule has 152 valence electrons. The van der Waals surface area contributed by atoms with Crippen LogP contribution in [-0.2, 0) is 9.59 Å². The molecule has 1 aliphatic heterocycles. The van der Waals surface area contributed by atoms with Crippen molar-refractivity contribution in [2.45, 2.75) is 33.1 Å². The van der Waals surface area contributed by atoms with E-state index in [0.29, 0.717) is 17.6 Å². The van der Waals surface area contributed by atoms with Gasteiger partial charge in [-0.15, -0.1) is 0 Å². The second-order valence-corrected chi connectivity index (χ2v) is 7.43. The van der Waals surface area contributed by atoms with Crippen molar-refractivity contribution in [2.24, 2.45) is 5.92 Å². The van der Waals surface area contributed by atoms with Crippen molar-refractivity contribution in [1.29, 1.82) is 5.26 Å². The number of piperidine rings is 1. The minimum absolute atomic E-state index is 0.0105. The highest BCUT2D eigenvalue weighted by Gasteiger charge is 2.27. The molecular formula is C22H27N5O2. The van der Waals surface area contributed by atoms with Gasteiger partial charge in [0.15, 0.2) is 5.78 Å². The zero-order valence-electron chi connectivity index (χ0n) is 17.1. The predicted octanol–water partition coefficient (Wildman–Crippen LogP) is 2.59. The van der Waals surface area contributed by atoms with Crippen molar-refractivity contribution in [3.05, 3.63) is 30.2 Å². The number of hydrogen-bond donors (Lipinski definition) is 0. The van der Waals surface area contributed by atoms with Gasteiger partial charge >= 0.3 is 0 Å². The van der Waals surface area contributed by atoms with E-state index in [0.717, 1.165) is 50.1 Å². The molecule has 0 radical (unpaired) electrons. The fraction of sp³-hybridized carbons (Fsp3) is 0.500. The first-order valence-electron chi connectivity index (χ1n) is 10.2. The van der Waals surface area contributed by atoms with Gasteiger partial charge in [-0.05, 0) is 38.1 Å². The number of nitriles is 1. The lowest BCUT2D eigenvalue weighted by Gasteiger charge is -2.33. The molecule has 7 nitrogen and oxygen atoms in total. The van der Waals surface area contributed by atoms with Crippen LogP contribution in [0.4, 0.5) is 5.69 Å². The number of rotatable bonds is 8. The highest BCUT2D eigenvalue weighted by atomic mass is 16.1. The maximum Gasteiger partial charge on any atom is 0.154 e. The Bertz CT molecular complexity index is 924. The third-order valence-corrected chi connectivity index (χ3v) is 5.73. The van der Waals surface area contributed by atoms with E-state index >= 15 is 0 Å². The summed E-state index contributed by atoms with van der Waals surface area (Å²) < 4.78 is 0. The molecule has 0 aliphatic carbocycles. The summed E-state index contributed by atoms with van der Waals surface area (Å²) in [6.45, 7) is 7.49. The van der Waals surface area contributed by atoms with Gasteiger partial charge in [0, 0.05) is 36.3 Å². The van der Waals surface area contributed by atoms with Gasteiger partial charge in [-0.2, -0.15) is 5.26 Å². The summed E-state index contributed by atoms with van der Waals surface area (Å²) >= 11 is 0. The third kappa shape index (κ3) is 4.77. The van der Waals surface area contributed by atoms with Crippen molar-refractivity contribution in [1.82, 2.24) is 14.9 Å². The SMILES string of the molecule is CCN(CC)CC(=O)CC(=O)C1CCN(c2ccc(C#N)c3ncncc23)CC1. The Morgan fingerprint density at radius 3 is 2.62 bits per heavy atom. The number of carbonyl (C=O) groups is 2. The average Bonchev–Trinajstić information content (AvgIpc) is 2.76. The maximum atomic E-state index is 12.6. The molecule has 7 heteroatoms. The number of nitrogens with zero attached hydrogens (tertiary/aromatic N) is 5. The number of anilines is 1. The first kappa shape index (κ1) is 20.9. The Morgan fingerprint density at radius 2 is 1.97 bits per heavy atom. The first-order chi connectivity index (χ1) is 14.1. The van der Waals surface area contributed by atoms with E-state index in [4.69, 9.17) is 0 Å². The van der Waals surface area contributed by atoms with Crippen LogP contribution in [0.25, 0.3) is 10.9 Å². The second kappa shape index (κ2) is 9.57. The summed E-state index contributed by atoms with van der Waals surface area (Å²) in [4.78, 5) is 37.4. The number of carbonyl (C=O) groups excluding carboxylic acids is 2. The summed E-state index contributed by atoms with van der Waals surface area (Å²) in [5, 5.41) is 10.2. The Morgan fingerprint density at radius 1 is 1.24 bits per heavy atom. The Balaban J connectivity index is 1.63. The van der Waals surface area contributed by atoms with Gasteiger partial charge in [0.05, 0.1) is 24.0 Å². The summed E-state index contributed by atoms with van der Waals surface area (Å²) in [5.41, 5.74) is 2.17. The number of hydrogen-bond acceptors (Lipinski definition) is 7. The van der Waals surface area contributed by atoms with E-state index in [1.54, 1.807) is 12.3 Å². The molecule has 2 aromatic rings. The highest BCUT2D eigenvalue weighted by Crippen LogP contribution is 2.31. The largest absolute Gasteiger partial charge is 0.371 e.